The highest BCUT2D eigenvalue weighted by atomic mass is 32.1. The normalized spacial score (nSPS) is 15.5. The summed E-state index contributed by atoms with van der Waals surface area (Å²) in [6.07, 6.45) is 5.19. The van der Waals surface area contributed by atoms with Crippen molar-refractivity contribution in [2.75, 3.05) is 7.05 Å². The summed E-state index contributed by atoms with van der Waals surface area (Å²) >= 11 is 5.12. The topological polar surface area (TPSA) is 79.5 Å². The van der Waals surface area contributed by atoms with Gasteiger partial charge < -0.3 is 19.6 Å². The number of fused-ring (bicyclic) bond motifs is 1. The van der Waals surface area contributed by atoms with E-state index in [4.69, 9.17) is 16.6 Å². The molecule has 0 unspecified atom stereocenters. The van der Waals surface area contributed by atoms with Gasteiger partial charge >= 0.3 is 0 Å². The van der Waals surface area contributed by atoms with E-state index in [9.17, 15) is 9.59 Å². The minimum atomic E-state index is -0.182. The largest absolute Gasteiger partial charge is 0.467 e. The lowest BCUT2D eigenvalue weighted by molar-refractivity contribution is -0.122. The van der Waals surface area contributed by atoms with Crippen molar-refractivity contribution in [3.63, 3.8) is 0 Å². The lowest BCUT2D eigenvalue weighted by Crippen LogP contribution is -2.26. The van der Waals surface area contributed by atoms with Crippen LogP contribution in [0.2, 0.25) is 0 Å². The molecule has 0 saturated carbocycles. The van der Waals surface area contributed by atoms with Gasteiger partial charge in [-0.2, -0.15) is 0 Å². The van der Waals surface area contributed by atoms with Crippen LogP contribution in [0.4, 0.5) is 0 Å². The van der Waals surface area contributed by atoms with Crippen molar-refractivity contribution in [1.82, 2.24) is 20.1 Å². The average Bonchev–Trinajstić information content (AvgIpc) is 3.38. The van der Waals surface area contributed by atoms with Crippen LogP contribution >= 0.6 is 12.2 Å². The monoisotopic (exact) mass is 394 g/mol. The third kappa shape index (κ3) is 3.41. The number of furan rings is 1. The van der Waals surface area contributed by atoms with Crippen LogP contribution < -0.4 is 10.6 Å². The zero-order valence-electron chi connectivity index (χ0n) is 15.1. The standard InChI is InChI=1S/C20H18N4O3S/c1-23-19(26)16(22-20(23)28)9-13-11-24(17-7-3-2-6-15(13)17)12-18(25)21-10-14-5-4-8-27-14/h2-9,11H,10,12H2,1H3,(H,21,25)(H,22,28)/b16-9+. The first-order chi connectivity index (χ1) is 13.5. The molecule has 2 N–H and O–H groups in total. The van der Waals surface area contributed by atoms with Crippen molar-refractivity contribution in [2.24, 2.45) is 0 Å². The van der Waals surface area contributed by atoms with E-state index in [0.29, 0.717) is 23.1 Å². The van der Waals surface area contributed by atoms with Gasteiger partial charge in [-0.1, -0.05) is 18.2 Å². The summed E-state index contributed by atoms with van der Waals surface area (Å²) in [5.74, 6) is 0.382. The lowest BCUT2D eigenvalue weighted by atomic mass is 10.1. The molecule has 0 bridgehead atoms. The second-order valence-electron chi connectivity index (χ2n) is 6.44. The Kier molecular flexibility index (Phi) is 4.70. The summed E-state index contributed by atoms with van der Waals surface area (Å²) in [5, 5.41) is 7.08. The number of carbonyl (C=O) groups excluding carboxylic acids is 2. The summed E-state index contributed by atoms with van der Waals surface area (Å²) in [7, 11) is 1.63. The molecule has 3 aromatic rings. The Morgan fingerprint density at radius 3 is 2.82 bits per heavy atom. The Balaban J connectivity index is 1.59. The van der Waals surface area contributed by atoms with Crippen LogP contribution in [0.3, 0.4) is 0 Å². The highest BCUT2D eigenvalue weighted by Gasteiger charge is 2.27. The summed E-state index contributed by atoms with van der Waals surface area (Å²) in [6, 6.07) is 11.3. The molecule has 142 valence electrons. The predicted molar refractivity (Wildman–Crippen MR) is 109 cm³/mol. The molecule has 0 atom stereocenters. The number of benzene rings is 1. The van der Waals surface area contributed by atoms with Crippen LogP contribution in [-0.4, -0.2) is 33.4 Å². The maximum absolute atomic E-state index is 12.4. The number of likely N-dealkylation sites (N-methyl/N-ethyl adjacent to an activating group) is 1. The van der Waals surface area contributed by atoms with E-state index in [1.807, 2.05) is 41.1 Å². The van der Waals surface area contributed by atoms with E-state index < -0.39 is 0 Å². The number of rotatable bonds is 5. The Hall–Kier alpha value is -3.39. The van der Waals surface area contributed by atoms with Gasteiger partial charge in [-0.25, -0.2) is 0 Å². The van der Waals surface area contributed by atoms with Gasteiger partial charge in [0, 0.05) is 29.7 Å². The molecular formula is C20H18N4O3S. The van der Waals surface area contributed by atoms with Crippen molar-refractivity contribution >= 4 is 46.1 Å². The number of nitrogens with one attached hydrogen (secondary N) is 2. The number of carbonyl (C=O) groups is 2. The molecule has 2 amide bonds. The average molecular weight is 394 g/mol. The molecule has 2 aromatic heterocycles. The number of aromatic nitrogens is 1. The first-order valence-corrected chi connectivity index (χ1v) is 9.11. The van der Waals surface area contributed by atoms with E-state index in [2.05, 4.69) is 10.6 Å². The van der Waals surface area contributed by atoms with Gasteiger partial charge in [0.05, 0.1) is 12.8 Å². The minimum absolute atomic E-state index is 0.132. The molecule has 4 rings (SSSR count). The number of hydrogen-bond donors (Lipinski definition) is 2. The van der Waals surface area contributed by atoms with E-state index in [-0.39, 0.29) is 18.4 Å². The molecule has 1 saturated heterocycles. The van der Waals surface area contributed by atoms with Crippen LogP contribution in [0.25, 0.3) is 17.0 Å². The Morgan fingerprint density at radius 2 is 2.11 bits per heavy atom. The summed E-state index contributed by atoms with van der Waals surface area (Å²) in [5.41, 5.74) is 2.16. The first-order valence-electron chi connectivity index (χ1n) is 8.70. The molecular weight excluding hydrogens is 376 g/mol. The van der Waals surface area contributed by atoms with Crippen molar-refractivity contribution in [2.45, 2.75) is 13.1 Å². The minimum Gasteiger partial charge on any atom is -0.467 e. The van der Waals surface area contributed by atoms with Gasteiger partial charge in [0.25, 0.3) is 5.91 Å². The van der Waals surface area contributed by atoms with Crippen molar-refractivity contribution in [1.29, 1.82) is 0 Å². The fourth-order valence-corrected chi connectivity index (χ4v) is 3.30. The van der Waals surface area contributed by atoms with E-state index in [1.54, 1.807) is 25.5 Å². The van der Waals surface area contributed by atoms with Crippen LogP contribution in [0.5, 0.6) is 0 Å². The number of nitrogens with zero attached hydrogens (tertiary/aromatic N) is 2. The van der Waals surface area contributed by atoms with Crippen LogP contribution in [-0.2, 0) is 22.7 Å². The predicted octanol–water partition coefficient (Wildman–Crippen LogP) is 2.24. The fourth-order valence-electron chi connectivity index (χ4n) is 3.11. The van der Waals surface area contributed by atoms with Gasteiger partial charge in [-0.15, -0.1) is 0 Å². The van der Waals surface area contributed by atoms with Crippen molar-refractivity contribution in [3.8, 4) is 0 Å². The third-order valence-electron chi connectivity index (χ3n) is 4.55. The van der Waals surface area contributed by atoms with E-state index >= 15 is 0 Å². The van der Waals surface area contributed by atoms with E-state index in [0.717, 1.165) is 16.5 Å². The molecule has 0 spiro atoms. The van der Waals surface area contributed by atoms with Gasteiger partial charge in [-0.05, 0) is 36.5 Å². The maximum Gasteiger partial charge on any atom is 0.276 e. The maximum atomic E-state index is 12.4. The number of para-hydroxylation sites is 1. The highest BCUT2D eigenvalue weighted by molar-refractivity contribution is 7.80. The number of hydrogen-bond acceptors (Lipinski definition) is 4. The van der Waals surface area contributed by atoms with Crippen molar-refractivity contribution in [3.05, 3.63) is 65.9 Å². The Labute approximate surface area is 166 Å². The summed E-state index contributed by atoms with van der Waals surface area (Å²) < 4.78 is 7.09. The molecule has 1 aliphatic heterocycles. The van der Waals surface area contributed by atoms with Crippen molar-refractivity contribution < 1.29 is 14.0 Å². The zero-order chi connectivity index (χ0) is 19.7. The zero-order valence-corrected chi connectivity index (χ0v) is 16.0. The molecule has 1 aromatic carbocycles. The number of thiocarbonyl (C=S) groups is 1. The quantitative estimate of drug-likeness (QED) is 0.513. The molecule has 1 aliphatic rings. The fraction of sp³-hybridized carbons (Fsp3) is 0.150. The molecule has 28 heavy (non-hydrogen) atoms. The third-order valence-corrected chi connectivity index (χ3v) is 4.93. The van der Waals surface area contributed by atoms with Gasteiger partial charge in [0.1, 0.15) is 18.0 Å². The molecule has 0 aliphatic carbocycles. The van der Waals surface area contributed by atoms with Gasteiger partial charge in [-0.3, -0.25) is 14.5 Å². The second-order valence-corrected chi connectivity index (χ2v) is 6.82. The SMILES string of the molecule is CN1C(=O)/C(=C\c2cn(CC(=O)NCc3ccco3)c3ccccc23)NC1=S. The molecule has 3 heterocycles. The smallest absolute Gasteiger partial charge is 0.276 e. The van der Waals surface area contributed by atoms with Gasteiger partial charge in [0.2, 0.25) is 5.91 Å². The van der Waals surface area contributed by atoms with Gasteiger partial charge in [0.15, 0.2) is 5.11 Å². The van der Waals surface area contributed by atoms with Crippen LogP contribution in [0.15, 0.2) is 59.0 Å². The molecule has 8 heteroatoms. The molecule has 7 nitrogen and oxygen atoms in total. The lowest BCUT2D eigenvalue weighted by Gasteiger charge is -2.06. The highest BCUT2D eigenvalue weighted by Crippen LogP contribution is 2.24. The second kappa shape index (κ2) is 7.32. The molecule has 1 fully saturated rings. The summed E-state index contributed by atoms with van der Waals surface area (Å²) in [4.78, 5) is 26.0. The molecule has 0 radical (unpaired) electrons. The van der Waals surface area contributed by atoms with E-state index in [1.165, 1.54) is 4.90 Å². The summed E-state index contributed by atoms with van der Waals surface area (Å²) in [6.45, 7) is 0.494. The van der Waals surface area contributed by atoms with Crippen LogP contribution in [0, 0.1) is 0 Å². The first kappa shape index (κ1) is 18.0. The Bertz CT molecular complexity index is 1100. The van der Waals surface area contributed by atoms with Crippen LogP contribution in [0.1, 0.15) is 11.3 Å². The Morgan fingerprint density at radius 1 is 1.29 bits per heavy atom. The number of amides is 2.